The van der Waals surface area contributed by atoms with Crippen LogP contribution >= 0.6 is 12.4 Å². The van der Waals surface area contributed by atoms with E-state index in [4.69, 9.17) is 0 Å². The van der Waals surface area contributed by atoms with Crippen LogP contribution in [0, 0.1) is 11.8 Å². The second kappa shape index (κ2) is 10.1. The topological polar surface area (TPSA) is 69.7 Å². The maximum Gasteiger partial charge on any atom is 0.222 e. The van der Waals surface area contributed by atoms with Gasteiger partial charge in [0.2, 0.25) is 15.9 Å². The number of amides is 1. The fourth-order valence-electron chi connectivity index (χ4n) is 4.15. The zero-order valence-electron chi connectivity index (χ0n) is 15.7. The fourth-order valence-corrected chi connectivity index (χ4v) is 5.37. The summed E-state index contributed by atoms with van der Waals surface area (Å²) < 4.78 is 25.3. The number of likely N-dealkylation sites (tertiary alicyclic amines) is 1. The average molecular weight is 396 g/mol. The Balaban J connectivity index is 0.00000312. The summed E-state index contributed by atoms with van der Waals surface area (Å²) in [5, 5.41) is 3.37. The van der Waals surface area contributed by atoms with Crippen molar-refractivity contribution in [1.82, 2.24) is 14.5 Å². The number of nitrogens with zero attached hydrogens (tertiary/aromatic N) is 2. The van der Waals surface area contributed by atoms with E-state index in [1.54, 1.807) is 4.31 Å². The van der Waals surface area contributed by atoms with Gasteiger partial charge in [0, 0.05) is 32.1 Å². The fraction of sp³-hybridized carbons (Fsp3) is 0.941. The summed E-state index contributed by atoms with van der Waals surface area (Å²) in [6.45, 7) is 8.05. The molecule has 0 saturated carbocycles. The van der Waals surface area contributed by atoms with Gasteiger partial charge in [-0.3, -0.25) is 4.79 Å². The minimum atomic E-state index is -3.16. The average Bonchev–Trinajstić information content (AvgIpc) is 2.55. The summed E-state index contributed by atoms with van der Waals surface area (Å²) in [6.07, 6.45) is 5.71. The molecule has 0 aromatic heterocycles. The van der Waals surface area contributed by atoms with Crippen molar-refractivity contribution in [3.63, 3.8) is 0 Å². The normalized spacial score (nSPS) is 21.8. The van der Waals surface area contributed by atoms with E-state index in [1.807, 2.05) is 11.8 Å². The molecule has 0 aromatic rings. The summed E-state index contributed by atoms with van der Waals surface area (Å²) in [5.74, 6) is 1.32. The standard InChI is InChI=1S/C17H33N3O3S.ClH/c1-4-20(24(3,22)23)16-7-11-19(12-8-16)17(21)13-14(2)15-5-9-18-10-6-15;/h14-16,18H,4-13H2,1-3H3;1H. The Morgan fingerprint density at radius 1 is 1.20 bits per heavy atom. The third-order valence-corrected chi connectivity index (χ3v) is 7.06. The molecule has 1 unspecified atom stereocenters. The van der Waals surface area contributed by atoms with Crippen LogP contribution in [0.1, 0.15) is 46.0 Å². The molecular formula is C17H34ClN3O3S. The summed E-state index contributed by atoms with van der Waals surface area (Å²) in [5.41, 5.74) is 0. The Morgan fingerprint density at radius 3 is 2.24 bits per heavy atom. The molecule has 0 aliphatic carbocycles. The van der Waals surface area contributed by atoms with Gasteiger partial charge in [0.25, 0.3) is 0 Å². The van der Waals surface area contributed by atoms with Crippen LogP contribution in [0.25, 0.3) is 0 Å². The quantitative estimate of drug-likeness (QED) is 0.743. The van der Waals surface area contributed by atoms with Crippen molar-refractivity contribution in [2.45, 2.75) is 52.0 Å². The molecule has 2 fully saturated rings. The predicted molar refractivity (Wildman–Crippen MR) is 103 cm³/mol. The number of rotatable bonds is 6. The summed E-state index contributed by atoms with van der Waals surface area (Å²) >= 11 is 0. The number of piperidine rings is 2. The highest BCUT2D eigenvalue weighted by molar-refractivity contribution is 7.88. The van der Waals surface area contributed by atoms with Crippen molar-refractivity contribution in [1.29, 1.82) is 0 Å². The van der Waals surface area contributed by atoms with Crippen LogP contribution < -0.4 is 5.32 Å². The van der Waals surface area contributed by atoms with Crippen molar-refractivity contribution in [2.24, 2.45) is 11.8 Å². The molecule has 0 bridgehead atoms. The predicted octanol–water partition coefficient (Wildman–Crippen LogP) is 1.71. The SMILES string of the molecule is CCN(C1CCN(C(=O)CC(C)C2CCNCC2)CC1)S(C)(=O)=O.Cl. The molecule has 2 saturated heterocycles. The van der Waals surface area contributed by atoms with E-state index in [2.05, 4.69) is 12.2 Å². The van der Waals surface area contributed by atoms with Crippen LogP contribution in [-0.2, 0) is 14.8 Å². The van der Waals surface area contributed by atoms with Gasteiger partial charge in [0.1, 0.15) is 0 Å². The first-order valence-corrected chi connectivity index (χ1v) is 11.1. The van der Waals surface area contributed by atoms with E-state index in [0.717, 1.165) is 38.8 Å². The largest absolute Gasteiger partial charge is 0.343 e. The van der Waals surface area contributed by atoms with Crippen LogP contribution in [0.15, 0.2) is 0 Å². The van der Waals surface area contributed by atoms with E-state index >= 15 is 0 Å². The van der Waals surface area contributed by atoms with Gasteiger partial charge in [-0.15, -0.1) is 12.4 Å². The number of hydrogen-bond acceptors (Lipinski definition) is 4. The first-order chi connectivity index (χ1) is 11.3. The summed E-state index contributed by atoms with van der Waals surface area (Å²) in [6, 6.07) is 0.0379. The lowest BCUT2D eigenvalue weighted by Crippen LogP contribution is -2.48. The minimum absolute atomic E-state index is 0. The monoisotopic (exact) mass is 395 g/mol. The maximum absolute atomic E-state index is 12.6. The van der Waals surface area contributed by atoms with Gasteiger partial charge < -0.3 is 10.2 Å². The highest BCUT2D eigenvalue weighted by atomic mass is 35.5. The molecule has 2 aliphatic rings. The Hall–Kier alpha value is -0.370. The molecule has 2 rings (SSSR count). The van der Waals surface area contributed by atoms with Gasteiger partial charge in [-0.2, -0.15) is 4.31 Å². The molecular weight excluding hydrogens is 362 g/mol. The van der Waals surface area contributed by atoms with Gasteiger partial charge in [0.05, 0.1) is 6.26 Å². The van der Waals surface area contributed by atoms with Crippen molar-refractivity contribution in [3.8, 4) is 0 Å². The molecule has 1 N–H and O–H groups in total. The van der Waals surface area contributed by atoms with Crippen LogP contribution in [-0.4, -0.2) is 68.6 Å². The van der Waals surface area contributed by atoms with E-state index in [1.165, 1.54) is 6.26 Å². The minimum Gasteiger partial charge on any atom is -0.343 e. The molecule has 2 heterocycles. The van der Waals surface area contributed by atoms with Crippen molar-refractivity contribution in [2.75, 3.05) is 39.0 Å². The number of nitrogens with one attached hydrogen (secondary N) is 1. The zero-order valence-corrected chi connectivity index (χ0v) is 17.4. The van der Waals surface area contributed by atoms with Gasteiger partial charge in [0.15, 0.2) is 0 Å². The number of carbonyl (C=O) groups is 1. The first-order valence-electron chi connectivity index (χ1n) is 9.28. The lowest BCUT2D eigenvalue weighted by atomic mass is 9.84. The highest BCUT2D eigenvalue weighted by Gasteiger charge is 2.31. The lowest BCUT2D eigenvalue weighted by Gasteiger charge is -2.37. The van der Waals surface area contributed by atoms with Crippen molar-refractivity contribution in [3.05, 3.63) is 0 Å². The smallest absolute Gasteiger partial charge is 0.222 e. The number of carbonyl (C=O) groups excluding carboxylic acids is 1. The Labute approximate surface area is 159 Å². The molecule has 8 heteroatoms. The van der Waals surface area contributed by atoms with Crippen LogP contribution in [0.4, 0.5) is 0 Å². The summed E-state index contributed by atoms with van der Waals surface area (Å²) in [4.78, 5) is 14.5. The Bertz CT molecular complexity index is 515. The molecule has 0 radical (unpaired) electrons. The molecule has 1 amide bonds. The molecule has 2 aliphatic heterocycles. The maximum atomic E-state index is 12.6. The van der Waals surface area contributed by atoms with E-state index in [9.17, 15) is 13.2 Å². The van der Waals surface area contributed by atoms with Gasteiger partial charge >= 0.3 is 0 Å². The van der Waals surface area contributed by atoms with Crippen LogP contribution in [0.2, 0.25) is 0 Å². The van der Waals surface area contributed by atoms with E-state index in [0.29, 0.717) is 37.9 Å². The molecule has 25 heavy (non-hydrogen) atoms. The van der Waals surface area contributed by atoms with Crippen molar-refractivity contribution < 1.29 is 13.2 Å². The second-order valence-electron chi connectivity index (χ2n) is 7.35. The molecule has 1 atom stereocenters. The third-order valence-electron chi connectivity index (χ3n) is 5.65. The Kier molecular flexibility index (Phi) is 9.15. The molecule has 0 spiro atoms. The van der Waals surface area contributed by atoms with E-state index < -0.39 is 10.0 Å². The number of hydrogen-bond donors (Lipinski definition) is 1. The molecule has 148 valence electrons. The van der Waals surface area contributed by atoms with Crippen molar-refractivity contribution >= 4 is 28.3 Å². The van der Waals surface area contributed by atoms with Gasteiger partial charge in [-0.05, 0) is 50.6 Å². The van der Waals surface area contributed by atoms with Crippen LogP contribution in [0.5, 0.6) is 0 Å². The lowest BCUT2D eigenvalue weighted by molar-refractivity contribution is -0.133. The molecule has 0 aromatic carbocycles. The summed E-state index contributed by atoms with van der Waals surface area (Å²) in [7, 11) is -3.16. The van der Waals surface area contributed by atoms with Gasteiger partial charge in [-0.1, -0.05) is 13.8 Å². The zero-order chi connectivity index (χ0) is 17.7. The van der Waals surface area contributed by atoms with E-state index in [-0.39, 0.29) is 24.4 Å². The van der Waals surface area contributed by atoms with Gasteiger partial charge in [-0.25, -0.2) is 8.42 Å². The number of sulfonamides is 1. The third kappa shape index (κ3) is 6.38. The Morgan fingerprint density at radius 2 is 1.76 bits per heavy atom. The highest BCUT2D eigenvalue weighted by Crippen LogP contribution is 2.26. The first kappa shape index (κ1) is 22.7. The second-order valence-corrected chi connectivity index (χ2v) is 9.28. The molecule has 6 nitrogen and oxygen atoms in total. The van der Waals surface area contributed by atoms with Crippen LogP contribution in [0.3, 0.4) is 0 Å². The number of halogens is 1.